The Kier molecular flexibility index (Phi) is 13.0. The van der Waals surface area contributed by atoms with Crippen LogP contribution in [0, 0.1) is 0 Å². The zero-order valence-corrected chi connectivity index (χ0v) is 30.9. The van der Waals surface area contributed by atoms with Crippen LogP contribution in [-0.4, -0.2) is 50.3 Å². The van der Waals surface area contributed by atoms with Crippen LogP contribution in [0.25, 0.3) is 21.6 Å². The summed E-state index contributed by atoms with van der Waals surface area (Å²) in [6.07, 6.45) is 8.30. The lowest BCUT2D eigenvalue weighted by atomic mass is 10.1. The number of unbranched alkanes of at least 4 members (excludes halogenated alkanes) is 3. The first kappa shape index (κ1) is 35.9. The van der Waals surface area contributed by atoms with Crippen LogP contribution in [0.4, 0.5) is 0 Å². The summed E-state index contributed by atoms with van der Waals surface area (Å²) in [5, 5.41) is 1.04. The number of thiocarbonyl (C=S) groups is 1. The number of carbonyl (C=O) groups is 2. The number of esters is 1. The van der Waals surface area contributed by atoms with Gasteiger partial charge in [0.2, 0.25) is 0 Å². The number of hydrogen-bond donors (Lipinski definition) is 0. The molecule has 1 amide bonds. The average Bonchev–Trinajstić information content (AvgIpc) is 3.73. The molecule has 1 aromatic heterocycles. The summed E-state index contributed by atoms with van der Waals surface area (Å²) in [6.45, 7) is 8.20. The van der Waals surface area contributed by atoms with E-state index in [9.17, 15) is 14.4 Å². The number of amides is 1. The Hall–Kier alpha value is -3.38. The molecule has 252 valence electrons. The number of rotatable bonds is 14. The fourth-order valence-electron chi connectivity index (χ4n) is 5.58. The number of hydrogen-bond acceptors (Lipinski definition) is 9. The quantitative estimate of drug-likeness (QED) is 0.100. The van der Waals surface area contributed by atoms with Crippen molar-refractivity contribution < 1.29 is 14.3 Å². The Morgan fingerprint density at radius 3 is 2.19 bits per heavy atom. The van der Waals surface area contributed by atoms with Gasteiger partial charge in [-0.3, -0.25) is 23.9 Å². The maximum absolute atomic E-state index is 13.9. The Morgan fingerprint density at radius 1 is 0.812 bits per heavy atom. The van der Waals surface area contributed by atoms with E-state index in [1.54, 1.807) is 28.2 Å². The molecule has 3 aromatic rings. The normalized spacial score (nSPS) is 17.4. The van der Waals surface area contributed by atoms with Crippen LogP contribution in [0.15, 0.2) is 76.6 Å². The Bertz CT molecular complexity index is 1880. The second-order valence-electron chi connectivity index (χ2n) is 11.3. The van der Waals surface area contributed by atoms with E-state index >= 15 is 0 Å². The summed E-state index contributed by atoms with van der Waals surface area (Å²) in [5.41, 5.74) is 3.35. The highest BCUT2D eigenvalue weighted by Gasteiger charge is 2.34. The first-order chi connectivity index (χ1) is 23.4. The topological polar surface area (TPSA) is 71.8 Å². The van der Waals surface area contributed by atoms with Gasteiger partial charge in [0, 0.05) is 31.0 Å². The summed E-state index contributed by atoms with van der Waals surface area (Å²) >= 11 is 9.98. The third-order valence-corrected chi connectivity index (χ3v) is 11.9. The molecular formula is C37H41N3O4S4. The number of thiazole rings is 1. The van der Waals surface area contributed by atoms with Crippen LogP contribution in [-0.2, 0) is 20.9 Å². The maximum atomic E-state index is 13.9. The second kappa shape index (κ2) is 17.3. The fourth-order valence-corrected chi connectivity index (χ4v) is 9.37. The molecule has 2 aliphatic rings. The van der Waals surface area contributed by atoms with Crippen molar-refractivity contribution in [3.8, 4) is 0 Å². The van der Waals surface area contributed by atoms with Gasteiger partial charge in [-0.25, -0.2) is 0 Å². The molecule has 0 unspecified atom stereocenters. The SMILES string of the molecule is CCCCn1c(=O)c(=CC=C2SC(c3ccccc3)=C(c3ccccc3)N2CC)s/c1=C1/SC(=S)N(CCCCCC(=O)OCC)C1=O. The lowest BCUT2D eigenvalue weighted by Crippen LogP contribution is -2.34. The van der Waals surface area contributed by atoms with E-state index in [0.29, 0.717) is 51.0 Å². The lowest BCUT2D eigenvalue weighted by Gasteiger charge is -2.21. The predicted molar refractivity (Wildman–Crippen MR) is 205 cm³/mol. The van der Waals surface area contributed by atoms with Gasteiger partial charge in [-0.05, 0) is 56.4 Å². The minimum atomic E-state index is -0.194. The van der Waals surface area contributed by atoms with Crippen molar-refractivity contribution in [1.82, 2.24) is 14.4 Å². The first-order valence-electron chi connectivity index (χ1n) is 16.5. The van der Waals surface area contributed by atoms with E-state index in [2.05, 4.69) is 67.3 Å². The van der Waals surface area contributed by atoms with Crippen molar-refractivity contribution in [3.63, 3.8) is 0 Å². The van der Waals surface area contributed by atoms with Crippen molar-refractivity contribution >= 4 is 84.9 Å². The third-order valence-electron chi connectivity index (χ3n) is 7.99. The Labute approximate surface area is 300 Å². The highest BCUT2D eigenvalue weighted by Crippen LogP contribution is 2.50. The maximum Gasteiger partial charge on any atom is 0.305 e. The second-order valence-corrected chi connectivity index (χ2v) is 15.0. The van der Waals surface area contributed by atoms with Crippen molar-refractivity contribution in [2.75, 3.05) is 19.7 Å². The molecule has 0 bridgehead atoms. The summed E-state index contributed by atoms with van der Waals surface area (Å²) in [5.74, 6) is -0.347. The number of thioether (sulfide) groups is 2. The summed E-state index contributed by atoms with van der Waals surface area (Å²) in [7, 11) is 0. The van der Waals surface area contributed by atoms with Gasteiger partial charge in [-0.1, -0.05) is 116 Å². The number of benzene rings is 2. The number of allylic oxidation sites excluding steroid dienone is 1. The van der Waals surface area contributed by atoms with E-state index in [-0.39, 0.29) is 17.4 Å². The molecular weight excluding hydrogens is 679 g/mol. The number of ether oxygens (including phenoxy) is 1. The standard InChI is InChI=1S/C37H41N3O4S4/c1-4-7-24-39-34(42)28(46-36(39)33-35(43)40(37(45)48-33)25-16-10-15-21-30(41)44-6-3)22-23-29-38(5-2)31(26-17-11-8-12-18-26)32(47-29)27-19-13-9-14-20-27/h8-9,11-14,17-20,22-23H,4-7,10,15-16,21,24-25H2,1-3H3/b28-22?,29-23?,36-33+. The Morgan fingerprint density at radius 2 is 1.52 bits per heavy atom. The van der Waals surface area contributed by atoms with Crippen LogP contribution in [0.5, 0.6) is 0 Å². The van der Waals surface area contributed by atoms with Crippen LogP contribution >= 0.6 is 47.1 Å². The van der Waals surface area contributed by atoms with Crippen molar-refractivity contribution in [2.24, 2.45) is 0 Å². The monoisotopic (exact) mass is 719 g/mol. The van der Waals surface area contributed by atoms with Gasteiger partial charge in [-0.2, -0.15) is 0 Å². The fraction of sp³-hybridized carbons (Fsp3) is 0.351. The Balaban J connectivity index is 1.46. The van der Waals surface area contributed by atoms with Gasteiger partial charge in [0.1, 0.15) is 13.9 Å². The van der Waals surface area contributed by atoms with Crippen LogP contribution in [0.2, 0.25) is 0 Å². The van der Waals surface area contributed by atoms with Crippen molar-refractivity contribution in [2.45, 2.75) is 65.8 Å². The van der Waals surface area contributed by atoms with Gasteiger partial charge in [-0.15, -0.1) is 11.3 Å². The molecule has 7 nitrogen and oxygen atoms in total. The van der Waals surface area contributed by atoms with Crippen LogP contribution < -0.4 is 14.8 Å². The lowest BCUT2D eigenvalue weighted by molar-refractivity contribution is -0.143. The van der Waals surface area contributed by atoms with E-state index < -0.39 is 0 Å². The molecule has 3 heterocycles. The zero-order chi connectivity index (χ0) is 34.0. The van der Waals surface area contributed by atoms with Crippen LogP contribution in [0.3, 0.4) is 0 Å². The summed E-state index contributed by atoms with van der Waals surface area (Å²) in [6, 6.07) is 20.8. The molecule has 0 atom stereocenters. The molecule has 5 rings (SSSR count). The first-order valence-corrected chi connectivity index (χ1v) is 19.4. The largest absolute Gasteiger partial charge is 0.466 e. The third kappa shape index (κ3) is 8.25. The molecule has 2 aliphatic heterocycles. The molecule has 0 saturated carbocycles. The molecule has 0 N–H and O–H groups in total. The number of carbonyl (C=O) groups excluding carboxylic acids is 2. The van der Waals surface area contributed by atoms with Crippen LogP contribution in [0.1, 0.15) is 70.4 Å². The van der Waals surface area contributed by atoms with E-state index in [1.807, 2.05) is 24.3 Å². The van der Waals surface area contributed by atoms with Gasteiger partial charge in [0.15, 0.2) is 0 Å². The van der Waals surface area contributed by atoms with E-state index in [0.717, 1.165) is 54.1 Å². The van der Waals surface area contributed by atoms with Gasteiger partial charge in [0.25, 0.3) is 11.5 Å². The molecule has 0 radical (unpaired) electrons. The molecule has 0 aliphatic carbocycles. The summed E-state index contributed by atoms with van der Waals surface area (Å²) < 4.78 is 8.52. The molecule has 2 aromatic carbocycles. The summed E-state index contributed by atoms with van der Waals surface area (Å²) in [4.78, 5) is 44.8. The number of aromatic nitrogens is 1. The van der Waals surface area contributed by atoms with Gasteiger partial charge in [0.05, 0.1) is 21.9 Å². The molecule has 48 heavy (non-hydrogen) atoms. The molecule has 1 saturated heterocycles. The molecule has 0 spiro atoms. The van der Waals surface area contributed by atoms with Crippen molar-refractivity contribution in [3.05, 3.63) is 102 Å². The zero-order valence-electron chi connectivity index (χ0n) is 27.6. The highest BCUT2D eigenvalue weighted by molar-refractivity contribution is 8.30. The highest BCUT2D eigenvalue weighted by atomic mass is 32.2. The average molecular weight is 720 g/mol. The van der Waals surface area contributed by atoms with E-state index in [1.165, 1.54) is 28.0 Å². The molecule has 11 heteroatoms. The predicted octanol–water partition coefficient (Wildman–Crippen LogP) is 7.02. The van der Waals surface area contributed by atoms with Gasteiger partial charge >= 0.3 is 5.97 Å². The van der Waals surface area contributed by atoms with E-state index in [4.69, 9.17) is 17.0 Å². The minimum Gasteiger partial charge on any atom is -0.466 e. The number of nitrogens with zero attached hydrogens (tertiary/aromatic N) is 3. The minimum absolute atomic E-state index is 0.0879. The smallest absolute Gasteiger partial charge is 0.305 e. The molecule has 1 fully saturated rings. The van der Waals surface area contributed by atoms with Gasteiger partial charge < -0.3 is 9.64 Å². The van der Waals surface area contributed by atoms with Crippen molar-refractivity contribution in [1.29, 1.82) is 0 Å².